The minimum absolute atomic E-state index is 0.0320. The van der Waals surface area contributed by atoms with Crippen LogP contribution in [0.15, 0.2) is 0 Å². The number of fused-ring (bicyclic) bond motifs is 1. The molecule has 0 aromatic heterocycles. The molecular formula is C9H19NOP4. The van der Waals surface area contributed by atoms with Crippen LogP contribution in [0, 0.1) is 5.92 Å². The van der Waals surface area contributed by atoms with E-state index in [-0.39, 0.29) is 7.30 Å². The van der Waals surface area contributed by atoms with E-state index in [1.807, 2.05) is 0 Å². The van der Waals surface area contributed by atoms with Gasteiger partial charge in [-0.1, -0.05) is 22.2 Å². The number of nitrogens with zero attached hydrogens (tertiary/aromatic N) is 1. The van der Waals surface area contributed by atoms with E-state index in [1.165, 1.54) is 6.42 Å². The molecule has 0 spiro atoms. The third-order valence-electron chi connectivity index (χ3n) is 3.54. The topological polar surface area (TPSA) is 20.3 Å². The third-order valence-corrected chi connectivity index (χ3v) is 14.9. The van der Waals surface area contributed by atoms with Crippen LogP contribution >= 0.6 is 33.1 Å². The van der Waals surface area contributed by atoms with Crippen LogP contribution in [0.5, 0.6) is 0 Å². The van der Waals surface area contributed by atoms with Gasteiger partial charge in [0.15, 0.2) is 0 Å². The van der Waals surface area contributed by atoms with E-state index in [4.69, 9.17) is 0 Å². The second-order valence-electron chi connectivity index (χ2n) is 4.51. The summed E-state index contributed by atoms with van der Waals surface area (Å²) in [6, 6.07) is 0.568. The van der Waals surface area contributed by atoms with E-state index < -0.39 is 0 Å². The SMILES string of the molecule is C[C@@H]1CN2C(=O)CCCC2[C@@H]1P(P)PP. The largest absolute Gasteiger partial charge is 0.339 e. The molecule has 0 radical (unpaired) electrons. The van der Waals surface area contributed by atoms with Gasteiger partial charge in [-0.2, -0.15) is 0 Å². The molecule has 0 aromatic carbocycles. The summed E-state index contributed by atoms with van der Waals surface area (Å²) in [6.45, 7) is 3.33. The van der Waals surface area contributed by atoms with Crippen LogP contribution in [-0.4, -0.2) is 29.1 Å². The van der Waals surface area contributed by atoms with E-state index in [2.05, 4.69) is 29.7 Å². The first-order valence-corrected chi connectivity index (χ1v) is 12.1. The lowest BCUT2D eigenvalue weighted by atomic mass is 9.99. The van der Waals surface area contributed by atoms with Crippen molar-refractivity contribution in [2.45, 2.75) is 37.9 Å². The maximum absolute atomic E-state index is 11.8. The molecule has 2 aliphatic rings. The van der Waals surface area contributed by atoms with Gasteiger partial charge in [-0.25, -0.2) is 0 Å². The number of carbonyl (C=O) groups excluding carboxylic acids is 1. The Morgan fingerprint density at radius 1 is 1.60 bits per heavy atom. The summed E-state index contributed by atoms with van der Waals surface area (Å²) in [5.41, 5.74) is 0.769. The van der Waals surface area contributed by atoms with Gasteiger partial charge in [-0.05, 0) is 18.8 Å². The normalized spacial score (nSPS) is 38.7. The fourth-order valence-corrected chi connectivity index (χ4v) is 9.20. The predicted molar refractivity (Wildman–Crippen MR) is 77.0 cm³/mol. The van der Waals surface area contributed by atoms with Gasteiger partial charge in [0.1, 0.15) is 0 Å². The molecule has 0 saturated carbocycles. The standard InChI is InChI=1S/C9H19NOP4/c1-6-5-10-7(3-2-4-8(10)11)9(6)15(13)14-12/h6-7,9,14H,2-5,12-13H2,1H3/t6-,7?,9-,15?/m1/s1. The molecule has 2 heterocycles. The number of rotatable bonds is 2. The summed E-state index contributed by atoms with van der Waals surface area (Å²) < 4.78 is 0. The Morgan fingerprint density at radius 3 is 3.00 bits per heavy atom. The molecule has 86 valence electrons. The van der Waals surface area contributed by atoms with E-state index in [9.17, 15) is 4.79 Å². The second kappa shape index (κ2) is 5.23. The lowest BCUT2D eigenvalue weighted by Crippen LogP contribution is -2.41. The van der Waals surface area contributed by atoms with Crippen molar-refractivity contribution < 1.29 is 4.79 Å². The van der Waals surface area contributed by atoms with E-state index in [0.29, 0.717) is 17.9 Å². The molecular weight excluding hydrogens is 262 g/mol. The Bertz CT molecular complexity index is 262. The Balaban J connectivity index is 2.15. The summed E-state index contributed by atoms with van der Waals surface area (Å²) in [6.07, 6.45) is 3.13. The van der Waals surface area contributed by atoms with Gasteiger partial charge in [0, 0.05) is 24.7 Å². The highest BCUT2D eigenvalue weighted by atomic mass is 32.6. The van der Waals surface area contributed by atoms with Gasteiger partial charge in [0.05, 0.1) is 0 Å². The van der Waals surface area contributed by atoms with E-state index >= 15 is 0 Å². The third kappa shape index (κ3) is 2.40. The number of carbonyl (C=O) groups is 1. The van der Waals surface area contributed by atoms with Gasteiger partial charge < -0.3 is 4.90 Å². The molecule has 2 nitrogen and oxygen atoms in total. The molecule has 1 amide bonds. The lowest BCUT2D eigenvalue weighted by molar-refractivity contribution is -0.134. The predicted octanol–water partition coefficient (Wildman–Crippen LogP) is 3.04. The first-order chi connectivity index (χ1) is 7.15. The Morgan fingerprint density at radius 2 is 2.33 bits per heavy atom. The molecule has 2 rings (SSSR count). The van der Waals surface area contributed by atoms with Gasteiger partial charge in [-0.15, -0.1) is 17.9 Å². The van der Waals surface area contributed by atoms with E-state index in [1.54, 1.807) is 0 Å². The number of piperidine rings is 1. The average Bonchev–Trinajstić information content (AvgIpc) is 2.55. The molecule has 2 saturated heterocycles. The first-order valence-electron chi connectivity index (χ1n) is 5.44. The molecule has 0 N–H and O–H groups in total. The molecule has 6 heteroatoms. The van der Waals surface area contributed by atoms with Crippen LogP contribution in [0.2, 0.25) is 0 Å². The highest BCUT2D eigenvalue weighted by Gasteiger charge is 2.45. The van der Waals surface area contributed by atoms with Crippen molar-refractivity contribution >= 4 is 39.0 Å². The van der Waals surface area contributed by atoms with Crippen molar-refractivity contribution in [3.05, 3.63) is 0 Å². The van der Waals surface area contributed by atoms with Crippen molar-refractivity contribution in [3.63, 3.8) is 0 Å². The first kappa shape index (κ1) is 12.6. The highest BCUT2D eigenvalue weighted by molar-refractivity contribution is 8.61. The van der Waals surface area contributed by atoms with Crippen LogP contribution in [0.3, 0.4) is 0 Å². The minimum Gasteiger partial charge on any atom is -0.339 e. The fraction of sp³-hybridized carbons (Fsp3) is 0.889. The minimum atomic E-state index is 0.0320. The summed E-state index contributed by atoms with van der Waals surface area (Å²) in [7, 11) is 6.92. The van der Waals surface area contributed by atoms with Crippen LogP contribution in [-0.2, 0) is 4.79 Å². The smallest absolute Gasteiger partial charge is 0.222 e. The maximum Gasteiger partial charge on any atom is 0.222 e. The van der Waals surface area contributed by atoms with Crippen molar-refractivity contribution in [1.29, 1.82) is 0 Å². The summed E-state index contributed by atoms with van der Waals surface area (Å²) in [4.78, 5) is 14.0. The van der Waals surface area contributed by atoms with Crippen molar-refractivity contribution in [2.75, 3.05) is 6.54 Å². The molecule has 2 fully saturated rings. The molecule has 5 unspecified atom stereocenters. The number of hydrogen-bond donors (Lipinski definition) is 0. The zero-order valence-electron chi connectivity index (χ0n) is 9.02. The molecule has 0 aromatic rings. The molecule has 15 heavy (non-hydrogen) atoms. The molecule has 7 atom stereocenters. The number of amides is 1. The molecule has 0 bridgehead atoms. The fourth-order valence-electron chi connectivity index (χ4n) is 2.88. The quantitative estimate of drug-likeness (QED) is 0.712. The lowest BCUT2D eigenvalue weighted by Gasteiger charge is -2.34. The summed E-state index contributed by atoms with van der Waals surface area (Å²) in [5, 5.41) is 0. The molecule has 0 aliphatic carbocycles. The van der Waals surface area contributed by atoms with Crippen LogP contribution in [0.1, 0.15) is 26.2 Å². The van der Waals surface area contributed by atoms with Crippen molar-refractivity contribution in [3.8, 4) is 0 Å². The summed E-state index contributed by atoms with van der Waals surface area (Å²) in [5.74, 6) is 1.11. The van der Waals surface area contributed by atoms with Crippen LogP contribution in [0.4, 0.5) is 0 Å². The Labute approximate surface area is 99.3 Å². The van der Waals surface area contributed by atoms with Crippen LogP contribution in [0.25, 0.3) is 0 Å². The average molecular weight is 281 g/mol. The Hall–Kier alpha value is 1.19. The highest BCUT2D eigenvalue weighted by Crippen LogP contribution is 2.72. The van der Waals surface area contributed by atoms with E-state index in [0.717, 1.165) is 33.0 Å². The maximum atomic E-state index is 11.8. The van der Waals surface area contributed by atoms with Gasteiger partial charge >= 0.3 is 0 Å². The van der Waals surface area contributed by atoms with Gasteiger partial charge in [0.2, 0.25) is 5.91 Å². The van der Waals surface area contributed by atoms with Crippen LogP contribution < -0.4 is 0 Å². The molecule has 2 aliphatic heterocycles. The monoisotopic (exact) mass is 281 g/mol. The summed E-state index contributed by atoms with van der Waals surface area (Å²) >= 11 is 0. The zero-order valence-corrected chi connectivity index (χ0v) is 13.2. The Kier molecular flexibility index (Phi) is 4.41. The van der Waals surface area contributed by atoms with Crippen molar-refractivity contribution in [2.24, 2.45) is 5.92 Å². The zero-order chi connectivity index (χ0) is 11.0. The van der Waals surface area contributed by atoms with Crippen molar-refractivity contribution in [1.82, 2.24) is 4.90 Å². The number of hydrogen-bond acceptors (Lipinski definition) is 1. The second-order valence-corrected chi connectivity index (χ2v) is 14.0. The van der Waals surface area contributed by atoms with Gasteiger partial charge in [-0.3, -0.25) is 4.79 Å². The van der Waals surface area contributed by atoms with Gasteiger partial charge in [0.25, 0.3) is 0 Å².